The van der Waals surface area contributed by atoms with Crippen molar-refractivity contribution < 1.29 is 14.3 Å². The maximum Gasteiger partial charge on any atom is 0.352 e. The molecule has 1 amide bonds. The minimum atomic E-state index is -0.424. The summed E-state index contributed by atoms with van der Waals surface area (Å²) in [4.78, 5) is 30.1. The van der Waals surface area contributed by atoms with Gasteiger partial charge in [0.25, 0.3) is 0 Å². The van der Waals surface area contributed by atoms with Gasteiger partial charge < -0.3 is 14.8 Å². The second-order valence-electron chi connectivity index (χ2n) is 7.98. The van der Waals surface area contributed by atoms with Crippen LogP contribution in [-0.2, 0) is 11.3 Å². The van der Waals surface area contributed by atoms with Gasteiger partial charge in [-0.05, 0) is 24.6 Å². The molecule has 170 valence electrons. The molecule has 0 fully saturated rings. The number of anilines is 1. The second kappa shape index (κ2) is 7.99. The van der Waals surface area contributed by atoms with Crippen molar-refractivity contribution in [1.82, 2.24) is 19.2 Å². The van der Waals surface area contributed by atoms with Crippen molar-refractivity contribution in [3.05, 3.63) is 70.2 Å². The van der Waals surface area contributed by atoms with E-state index in [1.165, 1.54) is 27.6 Å². The molecule has 6 rings (SSSR count). The van der Waals surface area contributed by atoms with E-state index in [4.69, 9.17) is 9.47 Å². The maximum absolute atomic E-state index is 12.9. The van der Waals surface area contributed by atoms with Crippen LogP contribution < -0.4 is 20.5 Å². The summed E-state index contributed by atoms with van der Waals surface area (Å²) in [6, 6.07) is 13.4. The molecule has 9 nitrogen and oxygen atoms in total. The van der Waals surface area contributed by atoms with Crippen LogP contribution in [0.5, 0.6) is 11.5 Å². The fraction of sp³-hybridized carbons (Fsp3) is 0.167. The lowest BCUT2D eigenvalue weighted by Crippen LogP contribution is -2.28. The Kier molecular flexibility index (Phi) is 4.80. The van der Waals surface area contributed by atoms with Crippen LogP contribution in [0.15, 0.2) is 59.0 Å². The maximum atomic E-state index is 12.9. The van der Waals surface area contributed by atoms with Crippen molar-refractivity contribution in [1.29, 1.82) is 0 Å². The first-order chi connectivity index (χ1) is 16.6. The number of hydrogen-bond acceptors (Lipinski definition) is 7. The van der Waals surface area contributed by atoms with E-state index in [2.05, 4.69) is 39.7 Å². The Morgan fingerprint density at radius 3 is 2.74 bits per heavy atom. The van der Waals surface area contributed by atoms with E-state index < -0.39 is 5.69 Å². The molecular weight excluding hydrogens is 454 g/mol. The van der Waals surface area contributed by atoms with Crippen molar-refractivity contribution >= 4 is 38.8 Å². The quantitative estimate of drug-likeness (QED) is 0.429. The average molecular weight is 474 g/mol. The van der Waals surface area contributed by atoms with Gasteiger partial charge in [0.2, 0.25) is 5.91 Å². The Hall–Kier alpha value is -4.18. The van der Waals surface area contributed by atoms with Gasteiger partial charge in [0.15, 0.2) is 17.1 Å². The highest BCUT2D eigenvalue weighted by atomic mass is 32.1. The van der Waals surface area contributed by atoms with Crippen LogP contribution in [0.2, 0.25) is 0 Å². The number of benzene rings is 2. The predicted octanol–water partition coefficient (Wildman–Crippen LogP) is 3.49. The molecule has 0 saturated heterocycles. The van der Waals surface area contributed by atoms with Crippen molar-refractivity contribution in [2.24, 2.45) is 0 Å². The molecule has 2 aromatic carbocycles. The Balaban J connectivity index is 1.29. The van der Waals surface area contributed by atoms with E-state index in [-0.39, 0.29) is 12.5 Å². The van der Waals surface area contributed by atoms with Crippen LogP contribution in [0.1, 0.15) is 5.56 Å². The lowest BCUT2D eigenvalue weighted by Gasteiger charge is -2.18. The molecule has 0 spiro atoms. The summed E-state index contributed by atoms with van der Waals surface area (Å²) >= 11 is 1.47. The van der Waals surface area contributed by atoms with Crippen molar-refractivity contribution in [2.45, 2.75) is 13.5 Å². The number of nitrogens with one attached hydrogen (secondary N) is 1. The number of thiophene rings is 1. The first-order valence-corrected chi connectivity index (χ1v) is 11.6. The second-order valence-corrected chi connectivity index (χ2v) is 8.86. The van der Waals surface area contributed by atoms with Gasteiger partial charge in [-0.25, -0.2) is 18.9 Å². The molecule has 4 heterocycles. The van der Waals surface area contributed by atoms with Gasteiger partial charge in [0.05, 0.1) is 10.2 Å². The van der Waals surface area contributed by atoms with Crippen molar-refractivity contribution in [3.8, 4) is 22.6 Å². The van der Waals surface area contributed by atoms with Gasteiger partial charge >= 0.3 is 5.69 Å². The molecule has 1 N–H and O–H groups in total. The lowest BCUT2D eigenvalue weighted by atomic mass is 10.1. The van der Waals surface area contributed by atoms with E-state index in [0.29, 0.717) is 36.0 Å². The molecular formula is C24H19N5O4S. The lowest BCUT2D eigenvalue weighted by molar-refractivity contribution is -0.117. The normalized spacial score (nSPS) is 12.9. The van der Waals surface area contributed by atoms with Gasteiger partial charge in [-0.15, -0.1) is 16.4 Å². The monoisotopic (exact) mass is 473 g/mol. The number of amides is 1. The zero-order valence-corrected chi connectivity index (χ0v) is 19.0. The van der Waals surface area contributed by atoms with Gasteiger partial charge in [0, 0.05) is 22.7 Å². The third-order valence-electron chi connectivity index (χ3n) is 5.62. The molecule has 0 unspecified atom stereocenters. The first kappa shape index (κ1) is 20.4. The molecule has 3 aromatic heterocycles. The topological polar surface area (TPSA) is 99.8 Å². The van der Waals surface area contributed by atoms with Crippen LogP contribution >= 0.6 is 11.3 Å². The summed E-state index contributed by atoms with van der Waals surface area (Å²) in [5, 5.41) is 9.24. The highest BCUT2D eigenvalue weighted by molar-refractivity contribution is 7.18. The highest BCUT2D eigenvalue weighted by Gasteiger charge is 2.18. The van der Waals surface area contributed by atoms with Crippen LogP contribution in [0.4, 0.5) is 5.69 Å². The smallest absolute Gasteiger partial charge is 0.352 e. The van der Waals surface area contributed by atoms with E-state index in [0.717, 1.165) is 26.0 Å². The number of hydrogen-bond donors (Lipinski definition) is 1. The third kappa shape index (κ3) is 3.48. The summed E-state index contributed by atoms with van der Waals surface area (Å²) in [5.41, 5.74) is 4.60. The van der Waals surface area contributed by atoms with E-state index >= 15 is 0 Å². The molecule has 1 aliphatic rings. The minimum absolute atomic E-state index is 0.230. The fourth-order valence-corrected chi connectivity index (χ4v) is 4.93. The standard InChI is InChI=1S/C24H19N5O4S/c1-14-2-4-15(5-3-14)17-12-34-22-21(17)25-13-28-23(22)27-29(24(28)31)11-20(30)26-16-6-7-18-19(10-16)33-9-8-32-18/h2-7,10,12-13H,8-9,11H2,1H3,(H,26,30). The molecule has 0 saturated carbocycles. The van der Waals surface area contributed by atoms with Crippen LogP contribution in [0.25, 0.3) is 27.0 Å². The number of fused-ring (bicyclic) bond motifs is 4. The SMILES string of the molecule is Cc1ccc(-c2csc3c2ncn2c(=O)n(CC(=O)Nc4ccc5c(c4)OCCO5)nc32)cc1. The average Bonchev–Trinajstić information content (AvgIpc) is 3.41. The minimum Gasteiger partial charge on any atom is -0.486 e. The van der Waals surface area contributed by atoms with Gasteiger partial charge in [-0.3, -0.25) is 4.79 Å². The number of carbonyl (C=O) groups is 1. The summed E-state index contributed by atoms with van der Waals surface area (Å²) in [6.07, 6.45) is 1.46. The van der Waals surface area contributed by atoms with E-state index in [1.54, 1.807) is 18.2 Å². The molecule has 34 heavy (non-hydrogen) atoms. The van der Waals surface area contributed by atoms with Gasteiger partial charge in [-0.1, -0.05) is 29.8 Å². The van der Waals surface area contributed by atoms with Crippen LogP contribution in [0, 0.1) is 6.92 Å². The van der Waals surface area contributed by atoms with Crippen molar-refractivity contribution in [2.75, 3.05) is 18.5 Å². The summed E-state index contributed by atoms with van der Waals surface area (Å²) in [7, 11) is 0. The van der Waals surface area contributed by atoms with Crippen LogP contribution in [-0.4, -0.2) is 38.3 Å². The number of ether oxygens (including phenoxy) is 2. The Labute approximate surface area is 197 Å². The molecule has 0 bridgehead atoms. The van der Waals surface area contributed by atoms with Crippen molar-refractivity contribution in [3.63, 3.8) is 0 Å². The third-order valence-corrected chi connectivity index (χ3v) is 6.59. The first-order valence-electron chi connectivity index (χ1n) is 10.7. The number of carbonyl (C=O) groups excluding carboxylic acids is 1. The van der Waals surface area contributed by atoms with E-state index in [9.17, 15) is 9.59 Å². The molecule has 0 radical (unpaired) electrons. The van der Waals surface area contributed by atoms with Gasteiger partial charge in [-0.2, -0.15) is 0 Å². The molecule has 5 aromatic rings. The highest BCUT2D eigenvalue weighted by Crippen LogP contribution is 2.34. The summed E-state index contributed by atoms with van der Waals surface area (Å²) in [6.45, 7) is 2.76. The van der Waals surface area contributed by atoms with Crippen LogP contribution in [0.3, 0.4) is 0 Å². The predicted molar refractivity (Wildman–Crippen MR) is 129 cm³/mol. The molecule has 0 aliphatic carbocycles. The Morgan fingerprint density at radius 2 is 1.91 bits per heavy atom. The number of aromatic nitrogens is 4. The summed E-state index contributed by atoms with van der Waals surface area (Å²) < 4.78 is 14.4. The van der Waals surface area contributed by atoms with E-state index in [1.807, 2.05) is 12.3 Å². The molecule has 0 atom stereocenters. The molecule has 10 heteroatoms. The van der Waals surface area contributed by atoms with Gasteiger partial charge in [0.1, 0.15) is 26.1 Å². The Bertz CT molecular complexity index is 1620. The molecule has 1 aliphatic heterocycles. The Morgan fingerprint density at radius 1 is 1.12 bits per heavy atom. The zero-order valence-electron chi connectivity index (χ0n) is 18.1. The summed E-state index contributed by atoms with van der Waals surface area (Å²) in [5.74, 6) is 0.834. The largest absolute Gasteiger partial charge is 0.486 e. The number of nitrogens with zero attached hydrogens (tertiary/aromatic N) is 4. The fourth-order valence-electron chi connectivity index (χ4n) is 3.93. The number of rotatable bonds is 4. The zero-order chi connectivity index (χ0) is 23.2. The number of aryl methyl sites for hydroxylation is 1.